The van der Waals surface area contributed by atoms with Crippen molar-refractivity contribution in [1.82, 2.24) is 16.0 Å². The van der Waals surface area contributed by atoms with Crippen LogP contribution in [0, 0.1) is 0 Å². The second kappa shape index (κ2) is 12.6. The number of methoxy groups -OCH3 is 1. The Hall–Kier alpha value is -2.01. The van der Waals surface area contributed by atoms with Gasteiger partial charge in [-0.1, -0.05) is 6.07 Å². The van der Waals surface area contributed by atoms with Gasteiger partial charge in [0.2, 0.25) is 0 Å². The molecule has 7 nitrogen and oxygen atoms in total. The van der Waals surface area contributed by atoms with Gasteiger partial charge in [-0.25, -0.2) is 0 Å². The van der Waals surface area contributed by atoms with Crippen LogP contribution in [0.4, 0.5) is 5.00 Å². The second-order valence-electron chi connectivity index (χ2n) is 6.84. The summed E-state index contributed by atoms with van der Waals surface area (Å²) in [7, 11) is 3.36. The highest BCUT2D eigenvalue weighted by Gasteiger charge is 2.20. The largest absolute Gasteiger partial charge is 0.497 e. The van der Waals surface area contributed by atoms with Gasteiger partial charge in [-0.2, -0.15) is 0 Å². The first-order chi connectivity index (χ1) is 14.2. The minimum Gasteiger partial charge on any atom is -0.497 e. The van der Waals surface area contributed by atoms with Crippen molar-refractivity contribution in [3.63, 3.8) is 0 Å². The Balaban J connectivity index is 0.00000320. The standard InChI is InChI=1S/C21H29N5O2S.HI/c1-22-21(25-17-8-12-26(13-9-17)19-7-4-14-29-19)24-11-10-23-20(27)16-5-3-6-18(15-16)28-2;/h3-7,14-15,17H,8-13H2,1-2H3,(H,23,27)(H2,22,24,25);1H. The summed E-state index contributed by atoms with van der Waals surface area (Å²) in [6.07, 6.45) is 2.15. The number of nitrogens with one attached hydrogen (secondary N) is 3. The van der Waals surface area contributed by atoms with Gasteiger partial charge in [0.25, 0.3) is 5.91 Å². The van der Waals surface area contributed by atoms with Crippen molar-refractivity contribution in [2.45, 2.75) is 18.9 Å². The van der Waals surface area contributed by atoms with Gasteiger partial charge in [0, 0.05) is 44.8 Å². The lowest BCUT2D eigenvalue weighted by atomic mass is 10.1. The Bertz CT molecular complexity index is 807. The number of amides is 1. The van der Waals surface area contributed by atoms with Crippen LogP contribution in [-0.4, -0.2) is 58.2 Å². The molecule has 9 heteroatoms. The summed E-state index contributed by atoms with van der Waals surface area (Å²) < 4.78 is 5.16. The Morgan fingerprint density at radius 3 is 2.63 bits per heavy atom. The van der Waals surface area contributed by atoms with Crippen LogP contribution in [-0.2, 0) is 0 Å². The van der Waals surface area contributed by atoms with Crippen LogP contribution in [0.1, 0.15) is 23.2 Å². The number of hydrogen-bond acceptors (Lipinski definition) is 5. The number of piperidine rings is 1. The van der Waals surface area contributed by atoms with Crippen molar-refractivity contribution < 1.29 is 9.53 Å². The average molecular weight is 543 g/mol. The zero-order valence-electron chi connectivity index (χ0n) is 17.4. The maximum Gasteiger partial charge on any atom is 0.251 e. The van der Waals surface area contributed by atoms with E-state index in [1.165, 1.54) is 5.00 Å². The molecule has 2 aromatic rings. The molecule has 1 saturated heterocycles. The number of nitrogens with zero attached hydrogens (tertiary/aromatic N) is 2. The molecule has 1 aliphatic heterocycles. The monoisotopic (exact) mass is 543 g/mol. The van der Waals surface area contributed by atoms with Gasteiger partial charge < -0.3 is 25.6 Å². The number of halogens is 1. The molecular formula is C21H30IN5O2S. The Morgan fingerprint density at radius 1 is 1.20 bits per heavy atom. The molecule has 0 unspecified atom stereocenters. The molecule has 1 fully saturated rings. The normalized spacial score (nSPS) is 14.6. The van der Waals surface area contributed by atoms with E-state index in [2.05, 4.69) is 43.4 Å². The number of rotatable bonds is 7. The maximum absolute atomic E-state index is 12.2. The van der Waals surface area contributed by atoms with Crippen molar-refractivity contribution in [3.8, 4) is 5.75 Å². The molecule has 30 heavy (non-hydrogen) atoms. The maximum atomic E-state index is 12.2. The minimum atomic E-state index is -0.116. The molecule has 3 rings (SSSR count). The zero-order valence-corrected chi connectivity index (χ0v) is 20.5. The van der Waals surface area contributed by atoms with E-state index >= 15 is 0 Å². The molecule has 1 aromatic carbocycles. The first-order valence-corrected chi connectivity index (χ1v) is 10.8. The quantitative estimate of drug-likeness (QED) is 0.217. The molecule has 0 saturated carbocycles. The smallest absolute Gasteiger partial charge is 0.251 e. The third-order valence-electron chi connectivity index (χ3n) is 4.91. The molecule has 164 valence electrons. The van der Waals surface area contributed by atoms with E-state index in [-0.39, 0.29) is 29.9 Å². The van der Waals surface area contributed by atoms with Gasteiger partial charge in [0.05, 0.1) is 12.1 Å². The number of hydrogen-bond donors (Lipinski definition) is 3. The number of anilines is 1. The van der Waals surface area contributed by atoms with Gasteiger partial charge >= 0.3 is 0 Å². The fraction of sp³-hybridized carbons (Fsp3) is 0.429. The SMILES string of the molecule is CN=C(NCCNC(=O)c1cccc(OC)c1)NC1CCN(c2cccs2)CC1.I. The van der Waals surface area contributed by atoms with Crippen LogP contribution in [0.2, 0.25) is 0 Å². The second-order valence-corrected chi connectivity index (χ2v) is 7.77. The van der Waals surface area contributed by atoms with Gasteiger partial charge in [-0.3, -0.25) is 9.79 Å². The molecule has 2 heterocycles. The first kappa shape index (κ1) is 24.3. The molecule has 0 spiro atoms. The molecule has 0 aliphatic carbocycles. The summed E-state index contributed by atoms with van der Waals surface area (Å²) in [4.78, 5) is 19.0. The number of ether oxygens (including phenoxy) is 1. The van der Waals surface area contributed by atoms with E-state index in [1.54, 1.807) is 37.6 Å². The highest BCUT2D eigenvalue weighted by Crippen LogP contribution is 2.24. The van der Waals surface area contributed by atoms with E-state index in [9.17, 15) is 4.79 Å². The van der Waals surface area contributed by atoms with Gasteiger partial charge in [0.15, 0.2) is 5.96 Å². The molecule has 0 radical (unpaired) electrons. The number of benzene rings is 1. The van der Waals surface area contributed by atoms with Crippen molar-refractivity contribution >= 4 is 52.2 Å². The lowest BCUT2D eigenvalue weighted by Gasteiger charge is -2.33. The van der Waals surface area contributed by atoms with Crippen LogP contribution in [0.25, 0.3) is 0 Å². The Kier molecular flexibility index (Phi) is 10.2. The van der Waals surface area contributed by atoms with Crippen molar-refractivity contribution in [1.29, 1.82) is 0 Å². The molecule has 1 aromatic heterocycles. The molecular weight excluding hydrogens is 513 g/mol. The van der Waals surface area contributed by atoms with E-state index in [1.807, 2.05) is 12.1 Å². The Morgan fingerprint density at radius 2 is 1.97 bits per heavy atom. The molecule has 3 N–H and O–H groups in total. The van der Waals surface area contributed by atoms with Crippen LogP contribution in [0.3, 0.4) is 0 Å². The number of thiophene rings is 1. The van der Waals surface area contributed by atoms with Crippen LogP contribution < -0.4 is 25.6 Å². The molecule has 1 amide bonds. The van der Waals surface area contributed by atoms with Gasteiger partial charge in [-0.15, -0.1) is 35.3 Å². The number of guanidine groups is 1. The number of aliphatic imine (C=N–C) groups is 1. The average Bonchev–Trinajstić information content (AvgIpc) is 3.31. The molecule has 0 atom stereocenters. The number of carbonyl (C=O) groups is 1. The predicted octanol–water partition coefficient (Wildman–Crippen LogP) is 2.94. The van der Waals surface area contributed by atoms with E-state index in [0.717, 1.165) is 31.9 Å². The summed E-state index contributed by atoms with van der Waals surface area (Å²) in [5.41, 5.74) is 0.587. The first-order valence-electron chi connectivity index (χ1n) is 9.87. The zero-order chi connectivity index (χ0) is 20.5. The van der Waals surface area contributed by atoms with Gasteiger partial charge in [-0.05, 0) is 48.6 Å². The van der Waals surface area contributed by atoms with Crippen molar-refractivity contribution in [2.75, 3.05) is 45.2 Å². The fourth-order valence-corrected chi connectivity index (χ4v) is 4.09. The predicted molar refractivity (Wildman–Crippen MR) is 135 cm³/mol. The van der Waals surface area contributed by atoms with Crippen molar-refractivity contribution in [2.24, 2.45) is 4.99 Å². The number of carbonyl (C=O) groups excluding carboxylic acids is 1. The summed E-state index contributed by atoms with van der Waals surface area (Å²) in [5.74, 6) is 1.33. The Labute approximate surface area is 199 Å². The summed E-state index contributed by atoms with van der Waals surface area (Å²) in [6.45, 7) is 3.20. The summed E-state index contributed by atoms with van der Waals surface area (Å²) in [6, 6.07) is 11.8. The lowest BCUT2D eigenvalue weighted by molar-refractivity contribution is 0.0954. The third kappa shape index (κ3) is 7.05. The minimum absolute atomic E-state index is 0. The van der Waals surface area contributed by atoms with Crippen LogP contribution in [0.15, 0.2) is 46.8 Å². The summed E-state index contributed by atoms with van der Waals surface area (Å²) >= 11 is 1.79. The van der Waals surface area contributed by atoms with Crippen LogP contribution >= 0.6 is 35.3 Å². The third-order valence-corrected chi connectivity index (χ3v) is 5.84. The van der Waals surface area contributed by atoms with Gasteiger partial charge in [0.1, 0.15) is 5.75 Å². The van der Waals surface area contributed by atoms with Crippen molar-refractivity contribution in [3.05, 3.63) is 47.3 Å². The van der Waals surface area contributed by atoms with E-state index in [0.29, 0.717) is 30.4 Å². The molecule has 0 bridgehead atoms. The van der Waals surface area contributed by atoms with Crippen LogP contribution in [0.5, 0.6) is 5.75 Å². The highest BCUT2D eigenvalue weighted by atomic mass is 127. The van der Waals surface area contributed by atoms with E-state index in [4.69, 9.17) is 4.74 Å². The van der Waals surface area contributed by atoms with E-state index < -0.39 is 0 Å². The molecule has 1 aliphatic rings. The summed E-state index contributed by atoms with van der Waals surface area (Å²) in [5, 5.41) is 13.1. The fourth-order valence-electron chi connectivity index (χ4n) is 3.31. The topological polar surface area (TPSA) is 78.0 Å². The highest BCUT2D eigenvalue weighted by molar-refractivity contribution is 14.0. The lowest BCUT2D eigenvalue weighted by Crippen LogP contribution is -2.49.